The van der Waals surface area contributed by atoms with Gasteiger partial charge in [0.05, 0.1) is 5.92 Å². The van der Waals surface area contributed by atoms with Gasteiger partial charge in [0.1, 0.15) is 0 Å². The molecule has 2 atom stereocenters. The van der Waals surface area contributed by atoms with Crippen molar-refractivity contribution in [2.45, 2.75) is 44.6 Å². The third-order valence-corrected chi connectivity index (χ3v) is 2.68. The fourth-order valence-electron chi connectivity index (χ4n) is 1.93. The highest BCUT2D eigenvalue weighted by Gasteiger charge is 2.27. The lowest BCUT2D eigenvalue weighted by molar-refractivity contribution is 0.289. The molecule has 13 heavy (non-hydrogen) atoms. The number of aromatic nitrogens is 2. The Labute approximate surface area is 77.5 Å². The molecular formula is C9H15N3O. The summed E-state index contributed by atoms with van der Waals surface area (Å²) in [7, 11) is 0. The van der Waals surface area contributed by atoms with Gasteiger partial charge in [0, 0.05) is 6.04 Å². The van der Waals surface area contributed by atoms with E-state index in [0.717, 1.165) is 18.7 Å². The molecule has 0 spiro atoms. The van der Waals surface area contributed by atoms with Gasteiger partial charge in [0.25, 0.3) is 0 Å². The fraction of sp³-hybridized carbons (Fsp3) is 0.778. The van der Waals surface area contributed by atoms with Crippen molar-refractivity contribution in [1.29, 1.82) is 0 Å². The van der Waals surface area contributed by atoms with Crippen LogP contribution in [0.25, 0.3) is 0 Å². The average molecular weight is 181 g/mol. The van der Waals surface area contributed by atoms with Crippen LogP contribution in [0.15, 0.2) is 4.52 Å². The molecule has 0 bridgehead atoms. The summed E-state index contributed by atoms with van der Waals surface area (Å²) in [6.45, 7) is 1.83. The molecule has 1 heterocycles. The van der Waals surface area contributed by atoms with Crippen LogP contribution in [0.3, 0.4) is 0 Å². The molecule has 0 aliphatic heterocycles. The molecule has 1 saturated carbocycles. The summed E-state index contributed by atoms with van der Waals surface area (Å²) in [5.74, 6) is 1.72. The average Bonchev–Trinajstić information content (AvgIpc) is 2.53. The predicted molar refractivity (Wildman–Crippen MR) is 48.2 cm³/mol. The first kappa shape index (κ1) is 8.69. The molecule has 2 rings (SSSR count). The molecule has 1 aliphatic rings. The van der Waals surface area contributed by atoms with Crippen LogP contribution < -0.4 is 5.73 Å². The Hall–Kier alpha value is -0.900. The van der Waals surface area contributed by atoms with Gasteiger partial charge in [-0.1, -0.05) is 18.0 Å². The lowest BCUT2D eigenvalue weighted by atomic mass is 9.85. The zero-order chi connectivity index (χ0) is 9.26. The lowest BCUT2D eigenvalue weighted by Crippen LogP contribution is -2.31. The van der Waals surface area contributed by atoms with Crippen LogP contribution in [0.5, 0.6) is 0 Å². The molecule has 1 aliphatic carbocycles. The van der Waals surface area contributed by atoms with Gasteiger partial charge in [-0.15, -0.1) is 0 Å². The van der Waals surface area contributed by atoms with E-state index in [2.05, 4.69) is 10.1 Å². The minimum atomic E-state index is 0.202. The van der Waals surface area contributed by atoms with Gasteiger partial charge < -0.3 is 10.3 Å². The van der Waals surface area contributed by atoms with Crippen molar-refractivity contribution in [3.05, 3.63) is 11.7 Å². The minimum absolute atomic E-state index is 0.202. The number of nitrogens with zero attached hydrogens (tertiary/aromatic N) is 2. The Balaban J connectivity index is 2.14. The molecule has 1 fully saturated rings. The van der Waals surface area contributed by atoms with Crippen molar-refractivity contribution < 1.29 is 4.52 Å². The molecule has 2 N–H and O–H groups in total. The van der Waals surface area contributed by atoms with Crippen molar-refractivity contribution >= 4 is 0 Å². The molecule has 0 saturated heterocycles. The largest absolute Gasteiger partial charge is 0.339 e. The van der Waals surface area contributed by atoms with E-state index >= 15 is 0 Å². The van der Waals surface area contributed by atoms with Crippen molar-refractivity contribution in [3.63, 3.8) is 0 Å². The van der Waals surface area contributed by atoms with Gasteiger partial charge in [0.2, 0.25) is 5.89 Å². The van der Waals surface area contributed by atoms with Gasteiger partial charge in [-0.05, 0) is 19.8 Å². The Morgan fingerprint density at radius 1 is 1.38 bits per heavy atom. The van der Waals surface area contributed by atoms with E-state index in [1.54, 1.807) is 0 Å². The number of nitrogens with two attached hydrogens (primary N) is 1. The third kappa shape index (κ3) is 1.72. The van der Waals surface area contributed by atoms with Crippen LogP contribution in [-0.2, 0) is 0 Å². The molecule has 1 aromatic rings. The third-order valence-electron chi connectivity index (χ3n) is 2.68. The van der Waals surface area contributed by atoms with Crippen LogP contribution in [0, 0.1) is 6.92 Å². The van der Waals surface area contributed by atoms with Crippen molar-refractivity contribution in [3.8, 4) is 0 Å². The van der Waals surface area contributed by atoms with Crippen LogP contribution in [0.1, 0.15) is 43.3 Å². The molecule has 4 nitrogen and oxygen atoms in total. The number of rotatable bonds is 1. The topological polar surface area (TPSA) is 64.9 Å². The second-order valence-electron chi connectivity index (χ2n) is 3.73. The first-order valence-electron chi connectivity index (χ1n) is 4.83. The standard InChI is InChI=1S/C9H15N3O/c1-6-11-9(13-12-6)7-4-2-3-5-8(7)10/h7-8H,2-5,10H2,1H3/t7-,8-/m1/s1. The zero-order valence-corrected chi connectivity index (χ0v) is 7.86. The van der Waals surface area contributed by atoms with Gasteiger partial charge in [-0.25, -0.2) is 0 Å². The highest BCUT2D eigenvalue weighted by molar-refractivity contribution is 4.99. The number of aryl methyl sites for hydroxylation is 1. The molecule has 4 heteroatoms. The predicted octanol–water partition coefficient (Wildman–Crippen LogP) is 1.36. The van der Waals surface area contributed by atoms with Gasteiger partial charge in [-0.3, -0.25) is 0 Å². The first-order chi connectivity index (χ1) is 6.27. The summed E-state index contributed by atoms with van der Waals surface area (Å²) in [6, 6.07) is 0.202. The molecule has 0 amide bonds. The Morgan fingerprint density at radius 2 is 2.15 bits per heavy atom. The molecule has 0 aromatic carbocycles. The number of hydrogen-bond donors (Lipinski definition) is 1. The summed E-state index contributed by atoms with van der Waals surface area (Å²) < 4.78 is 5.13. The normalized spacial score (nSPS) is 29.1. The highest BCUT2D eigenvalue weighted by atomic mass is 16.5. The first-order valence-corrected chi connectivity index (χ1v) is 4.83. The molecule has 1 aromatic heterocycles. The SMILES string of the molecule is Cc1noc([C@@H]2CCCC[C@H]2N)n1. The van der Waals surface area contributed by atoms with E-state index in [1.165, 1.54) is 12.8 Å². The summed E-state index contributed by atoms with van der Waals surface area (Å²) in [6.07, 6.45) is 4.61. The van der Waals surface area contributed by atoms with Crippen LogP contribution in [-0.4, -0.2) is 16.2 Å². The van der Waals surface area contributed by atoms with E-state index in [4.69, 9.17) is 10.3 Å². The Kier molecular flexibility index (Phi) is 2.31. The van der Waals surface area contributed by atoms with Crippen molar-refractivity contribution in [2.24, 2.45) is 5.73 Å². The molecule has 0 unspecified atom stereocenters. The van der Waals surface area contributed by atoms with E-state index in [0.29, 0.717) is 5.82 Å². The lowest BCUT2D eigenvalue weighted by Gasteiger charge is -2.25. The Bertz CT molecular complexity index is 284. The summed E-state index contributed by atoms with van der Waals surface area (Å²) in [5.41, 5.74) is 5.99. The van der Waals surface area contributed by atoms with Crippen LogP contribution >= 0.6 is 0 Å². The number of hydrogen-bond acceptors (Lipinski definition) is 4. The second kappa shape index (κ2) is 3.46. The Morgan fingerprint density at radius 3 is 2.77 bits per heavy atom. The molecular weight excluding hydrogens is 166 g/mol. The maximum Gasteiger partial charge on any atom is 0.231 e. The highest BCUT2D eigenvalue weighted by Crippen LogP contribution is 2.30. The summed E-state index contributed by atoms with van der Waals surface area (Å²) >= 11 is 0. The van der Waals surface area contributed by atoms with Gasteiger partial charge in [0.15, 0.2) is 5.82 Å². The zero-order valence-electron chi connectivity index (χ0n) is 7.86. The van der Waals surface area contributed by atoms with Gasteiger partial charge in [-0.2, -0.15) is 4.98 Å². The smallest absolute Gasteiger partial charge is 0.231 e. The van der Waals surface area contributed by atoms with Crippen molar-refractivity contribution in [1.82, 2.24) is 10.1 Å². The van der Waals surface area contributed by atoms with Crippen LogP contribution in [0.4, 0.5) is 0 Å². The maximum atomic E-state index is 5.99. The summed E-state index contributed by atoms with van der Waals surface area (Å²) in [5, 5.41) is 3.78. The van der Waals surface area contributed by atoms with E-state index in [9.17, 15) is 0 Å². The molecule has 72 valence electrons. The van der Waals surface area contributed by atoms with E-state index in [-0.39, 0.29) is 12.0 Å². The summed E-state index contributed by atoms with van der Waals surface area (Å²) in [4.78, 5) is 4.23. The quantitative estimate of drug-likeness (QED) is 0.710. The minimum Gasteiger partial charge on any atom is -0.339 e. The van der Waals surface area contributed by atoms with E-state index < -0.39 is 0 Å². The van der Waals surface area contributed by atoms with Crippen molar-refractivity contribution in [2.75, 3.05) is 0 Å². The molecule has 0 radical (unpaired) electrons. The fourth-order valence-corrected chi connectivity index (χ4v) is 1.93. The van der Waals surface area contributed by atoms with Gasteiger partial charge >= 0.3 is 0 Å². The maximum absolute atomic E-state index is 5.99. The van der Waals surface area contributed by atoms with E-state index in [1.807, 2.05) is 6.92 Å². The monoisotopic (exact) mass is 181 g/mol. The second-order valence-corrected chi connectivity index (χ2v) is 3.73. The van der Waals surface area contributed by atoms with Crippen LogP contribution in [0.2, 0.25) is 0 Å².